The first-order valence-corrected chi connectivity index (χ1v) is 10.0. The quantitative estimate of drug-likeness (QED) is 0.685. The predicted octanol–water partition coefficient (Wildman–Crippen LogP) is 4.88. The van der Waals surface area contributed by atoms with Gasteiger partial charge in [-0.05, 0) is 43.4 Å². The van der Waals surface area contributed by atoms with Crippen molar-refractivity contribution < 1.29 is 8.85 Å². The van der Waals surface area contributed by atoms with E-state index >= 15 is 0 Å². The van der Waals surface area contributed by atoms with Crippen LogP contribution in [0.15, 0.2) is 0 Å². The van der Waals surface area contributed by atoms with Crippen LogP contribution in [0.3, 0.4) is 0 Å². The topological polar surface area (TPSA) is 18.5 Å². The second kappa shape index (κ2) is 5.86. The van der Waals surface area contributed by atoms with Crippen molar-refractivity contribution in [1.82, 2.24) is 0 Å². The molecule has 2 nitrogen and oxygen atoms in total. The SMILES string of the molecule is CO[Si](OC)(C1CCC(C)CC1)C1CCC(C)(C)C1. The predicted molar refractivity (Wildman–Crippen MR) is 82.5 cm³/mol. The molecular weight excluding hydrogens is 252 g/mol. The molecule has 1 unspecified atom stereocenters. The van der Waals surface area contributed by atoms with Crippen LogP contribution in [0, 0.1) is 11.3 Å². The number of rotatable bonds is 4. The average Bonchev–Trinajstić information content (AvgIpc) is 2.74. The Kier molecular flexibility index (Phi) is 4.79. The van der Waals surface area contributed by atoms with Crippen molar-refractivity contribution in [2.45, 2.75) is 76.8 Å². The molecule has 2 fully saturated rings. The summed E-state index contributed by atoms with van der Waals surface area (Å²) in [6, 6.07) is 0. The van der Waals surface area contributed by atoms with E-state index in [0.717, 1.165) is 11.5 Å². The zero-order valence-electron chi connectivity index (χ0n) is 13.5. The molecule has 0 saturated heterocycles. The van der Waals surface area contributed by atoms with Gasteiger partial charge < -0.3 is 8.85 Å². The summed E-state index contributed by atoms with van der Waals surface area (Å²) in [5.74, 6) is 0.900. The third-order valence-electron chi connectivity index (χ3n) is 5.76. The minimum absolute atomic E-state index is 0.488. The molecular formula is C16H32O2Si. The third kappa shape index (κ3) is 3.08. The minimum atomic E-state index is -2.03. The van der Waals surface area contributed by atoms with Crippen LogP contribution >= 0.6 is 0 Å². The van der Waals surface area contributed by atoms with E-state index in [0.29, 0.717) is 11.0 Å². The third-order valence-corrected chi connectivity index (χ3v) is 10.4. The lowest BCUT2D eigenvalue weighted by Crippen LogP contribution is -2.50. The first kappa shape index (κ1) is 15.5. The monoisotopic (exact) mass is 284 g/mol. The van der Waals surface area contributed by atoms with Gasteiger partial charge in [-0.3, -0.25) is 0 Å². The highest BCUT2D eigenvalue weighted by Crippen LogP contribution is 2.54. The normalized spacial score (nSPS) is 35.5. The molecule has 112 valence electrons. The Hall–Kier alpha value is 0.137. The molecule has 2 rings (SSSR count). The molecule has 0 aromatic heterocycles. The highest BCUT2D eigenvalue weighted by Gasteiger charge is 2.54. The van der Waals surface area contributed by atoms with Crippen molar-refractivity contribution >= 4 is 8.56 Å². The standard InChI is InChI=1S/C16H32O2Si/c1-13-6-8-14(9-7-13)19(17-4,18-5)15-10-11-16(2,3)12-15/h13-15H,6-12H2,1-5H3. The van der Waals surface area contributed by atoms with Crippen molar-refractivity contribution in [2.75, 3.05) is 14.2 Å². The van der Waals surface area contributed by atoms with Crippen molar-refractivity contribution in [3.05, 3.63) is 0 Å². The van der Waals surface area contributed by atoms with E-state index in [4.69, 9.17) is 8.85 Å². The Bertz CT molecular complexity index is 291. The van der Waals surface area contributed by atoms with E-state index in [1.165, 1.54) is 44.9 Å². The second-order valence-electron chi connectivity index (χ2n) is 7.69. The Morgan fingerprint density at radius 3 is 1.89 bits per heavy atom. The van der Waals surface area contributed by atoms with Gasteiger partial charge in [0.1, 0.15) is 0 Å². The summed E-state index contributed by atoms with van der Waals surface area (Å²) in [5, 5.41) is 0. The summed E-state index contributed by atoms with van der Waals surface area (Å²) in [7, 11) is 1.80. The lowest BCUT2D eigenvalue weighted by molar-refractivity contribution is 0.194. The molecule has 2 saturated carbocycles. The summed E-state index contributed by atoms with van der Waals surface area (Å²) < 4.78 is 12.3. The molecule has 0 aliphatic heterocycles. The number of hydrogen-bond donors (Lipinski definition) is 0. The van der Waals surface area contributed by atoms with Crippen LogP contribution in [0.2, 0.25) is 11.1 Å². The fourth-order valence-electron chi connectivity index (χ4n) is 4.53. The van der Waals surface area contributed by atoms with Crippen LogP contribution in [-0.2, 0) is 8.85 Å². The van der Waals surface area contributed by atoms with Crippen molar-refractivity contribution in [2.24, 2.45) is 11.3 Å². The summed E-state index contributed by atoms with van der Waals surface area (Å²) in [5.41, 5.74) is 1.91. The zero-order chi connectivity index (χ0) is 14.1. The first-order valence-electron chi connectivity index (χ1n) is 8.04. The highest BCUT2D eigenvalue weighted by molar-refractivity contribution is 6.70. The van der Waals surface area contributed by atoms with Crippen molar-refractivity contribution in [1.29, 1.82) is 0 Å². The molecule has 0 amide bonds. The van der Waals surface area contributed by atoms with Crippen LogP contribution in [-0.4, -0.2) is 22.8 Å². The van der Waals surface area contributed by atoms with Crippen LogP contribution in [0.1, 0.15) is 65.7 Å². The zero-order valence-corrected chi connectivity index (χ0v) is 14.5. The fraction of sp³-hybridized carbons (Fsp3) is 1.00. The lowest BCUT2D eigenvalue weighted by Gasteiger charge is -2.42. The highest BCUT2D eigenvalue weighted by atomic mass is 28.4. The minimum Gasteiger partial charge on any atom is -0.397 e. The van der Waals surface area contributed by atoms with Gasteiger partial charge in [0.2, 0.25) is 0 Å². The van der Waals surface area contributed by atoms with Gasteiger partial charge in [0.25, 0.3) is 0 Å². The van der Waals surface area contributed by atoms with Crippen LogP contribution in [0.5, 0.6) is 0 Å². The van der Waals surface area contributed by atoms with E-state index in [-0.39, 0.29) is 0 Å². The summed E-state index contributed by atoms with van der Waals surface area (Å²) in [4.78, 5) is 0. The first-order chi connectivity index (χ1) is 8.93. The van der Waals surface area contributed by atoms with Gasteiger partial charge in [-0.25, -0.2) is 0 Å². The molecule has 1 atom stereocenters. The van der Waals surface area contributed by atoms with Gasteiger partial charge in [0.05, 0.1) is 0 Å². The molecule has 0 N–H and O–H groups in total. The lowest BCUT2D eigenvalue weighted by atomic mass is 9.90. The van der Waals surface area contributed by atoms with Gasteiger partial charge in [-0.15, -0.1) is 0 Å². The van der Waals surface area contributed by atoms with Crippen LogP contribution < -0.4 is 0 Å². The molecule has 0 radical (unpaired) electrons. The molecule has 0 heterocycles. The molecule has 0 aromatic carbocycles. The van der Waals surface area contributed by atoms with E-state index in [1.54, 1.807) is 0 Å². The molecule has 0 aromatic rings. The maximum Gasteiger partial charge on any atom is 0.344 e. The van der Waals surface area contributed by atoms with Gasteiger partial charge in [0, 0.05) is 25.3 Å². The number of hydrogen-bond acceptors (Lipinski definition) is 2. The van der Waals surface area contributed by atoms with Crippen molar-refractivity contribution in [3.63, 3.8) is 0 Å². The van der Waals surface area contributed by atoms with E-state index in [2.05, 4.69) is 20.8 Å². The smallest absolute Gasteiger partial charge is 0.344 e. The Labute approximate surface area is 120 Å². The molecule has 0 spiro atoms. The second-order valence-corrected chi connectivity index (χ2v) is 11.6. The molecule has 2 aliphatic carbocycles. The summed E-state index contributed by atoms with van der Waals surface area (Å²) in [6.45, 7) is 7.19. The van der Waals surface area contributed by atoms with Crippen LogP contribution in [0.4, 0.5) is 0 Å². The van der Waals surface area contributed by atoms with Gasteiger partial charge in [-0.2, -0.15) is 0 Å². The van der Waals surface area contributed by atoms with Gasteiger partial charge in [-0.1, -0.05) is 33.6 Å². The maximum absolute atomic E-state index is 6.16. The molecule has 2 aliphatic rings. The Balaban J connectivity index is 2.13. The van der Waals surface area contributed by atoms with E-state index in [1.807, 2.05) is 14.2 Å². The van der Waals surface area contributed by atoms with E-state index in [9.17, 15) is 0 Å². The average molecular weight is 285 g/mol. The molecule has 0 bridgehead atoms. The Morgan fingerprint density at radius 1 is 0.895 bits per heavy atom. The summed E-state index contributed by atoms with van der Waals surface area (Å²) >= 11 is 0. The fourth-order valence-corrected chi connectivity index (χ4v) is 9.21. The van der Waals surface area contributed by atoms with Crippen molar-refractivity contribution in [3.8, 4) is 0 Å². The van der Waals surface area contributed by atoms with E-state index < -0.39 is 8.56 Å². The maximum atomic E-state index is 6.16. The summed E-state index contributed by atoms with van der Waals surface area (Å²) in [6.07, 6.45) is 9.32. The largest absolute Gasteiger partial charge is 0.397 e. The van der Waals surface area contributed by atoms with Crippen LogP contribution in [0.25, 0.3) is 0 Å². The Morgan fingerprint density at radius 2 is 1.47 bits per heavy atom. The van der Waals surface area contributed by atoms with Gasteiger partial charge >= 0.3 is 8.56 Å². The molecule has 3 heteroatoms. The van der Waals surface area contributed by atoms with Gasteiger partial charge in [0.15, 0.2) is 0 Å². The molecule has 19 heavy (non-hydrogen) atoms.